The van der Waals surface area contributed by atoms with Crippen molar-refractivity contribution < 1.29 is 19.1 Å². The summed E-state index contributed by atoms with van der Waals surface area (Å²) in [4.78, 5) is 36.5. The summed E-state index contributed by atoms with van der Waals surface area (Å²) in [6.07, 6.45) is 2.70. The summed E-state index contributed by atoms with van der Waals surface area (Å²) < 4.78 is 5.10. The number of carbonyl (C=O) groups is 3. The summed E-state index contributed by atoms with van der Waals surface area (Å²) in [6.45, 7) is 7.63. The minimum Gasteiger partial charge on any atom is -0.444 e. The second-order valence-electron chi connectivity index (χ2n) is 7.66. The zero-order valence-electron chi connectivity index (χ0n) is 17.3. The fourth-order valence-corrected chi connectivity index (χ4v) is 2.48. The highest BCUT2D eigenvalue weighted by molar-refractivity contribution is 5.89. The molecule has 0 saturated heterocycles. The van der Waals surface area contributed by atoms with E-state index in [9.17, 15) is 14.4 Å². The number of rotatable bonds is 10. The molecule has 0 bridgehead atoms. The fourth-order valence-electron chi connectivity index (χ4n) is 2.48. The summed E-state index contributed by atoms with van der Waals surface area (Å²) in [7, 11) is 0. The third-order valence-electron chi connectivity index (χ3n) is 3.81. The number of hydrogen-bond acceptors (Lipinski definition) is 4. The minimum absolute atomic E-state index is 0.231. The van der Waals surface area contributed by atoms with E-state index in [0.717, 1.165) is 24.8 Å². The van der Waals surface area contributed by atoms with Gasteiger partial charge >= 0.3 is 6.09 Å². The first-order valence-corrected chi connectivity index (χ1v) is 9.79. The molecular weight excluding hydrogens is 358 g/mol. The average Bonchev–Trinajstić information content (AvgIpc) is 2.62. The maximum atomic E-state index is 12.5. The van der Waals surface area contributed by atoms with Crippen molar-refractivity contribution in [2.24, 2.45) is 0 Å². The number of unbranched alkanes of at least 4 members (excludes halogenated alkanes) is 2. The van der Waals surface area contributed by atoms with Crippen LogP contribution in [0.3, 0.4) is 0 Å². The normalized spacial score (nSPS) is 12.0. The molecule has 3 amide bonds. The van der Waals surface area contributed by atoms with Crippen LogP contribution in [0, 0.1) is 0 Å². The highest BCUT2D eigenvalue weighted by Gasteiger charge is 2.22. The summed E-state index contributed by atoms with van der Waals surface area (Å²) in [5.74, 6) is -0.680. The van der Waals surface area contributed by atoms with Crippen molar-refractivity contribution in [3.05, 3.63) is 35.9 Å². The first-order chi connectivity index (χ1) is 13.2. The largest absolute Gasteiger partial charge is 0.444 e. The van der Waals surface area contributed by atoms with Gasteiger partial charge in [-0.15, -0.1) is 0 Å². The molecule has 0 heterocycles. The Morgan fingerprint density at radius 3 is 2.32 bits per heavy atom. The number of alkyl carbamates (subject to hydrolysis) is 1. The van der Waals surface area contributed by atoms with Crippen LogP contribution in [-0.4, -0.2) is 42.6 Å². The molecule has 1 unspecified atom stereocenters. The van der Waals surface area contributed by atoms with Crippen LogP contribution >= 0.6 is 0 Å². The van der Waals surface area contributed by atoms with E-state index in [1.807, 2.05) is 30.3 Å². The molecule has 0 aliphatic carbocycles. The highest BCUT2D eigenvalue weighted by atomic mass is 16.6. The van der Waals surface area contributed by atoms with Crippen molar-refractivity contribution >= 4 is 17.9 Å². The van der Waals surface area contributed by atoms with Gasteiger partial charge in [0.05, 0.1) is 0 Å². The van der Waals surface area contributed by atoms with Crippen LogP contribution in [-0.2, 0) is 20.7 Å². The van der Waals surface area contributed by atoms with Crippen LogP contribution in [0.15, 0.2) is 30.3 Å². The van der Waals surface area contributed by atoms with Crippen molar-refractivity contribution in [2.75, 3.05) is 13.1 Å². The molecule has 0 aromatic heterocycles. The fraction of sp³-hybridized carbons (Fsp3) is 0.571. The Balaban J connectivity index is 2.61. The van der Waals surface area contributed by atoms with Gasteiger partial charge in [-0.3, -0.25) is 9.59 Å². The Morgan fingerprint density at radius 1 is 1.04 bits per heavy atom. The van der Waals surface area contributed by atoms with Crippen LogP contribution in [0.5, 0.6) is 0 Å². The zero-order chi connectivity index (χ0) is 21.0. The van der Waals surface area contributed by atoms with E-state index in [0.29, 0.717) is 13.0 Å². The van der Waals surface area contributed by atoms with Crippen LogP contribution in [0.2, 0.25) is 0 Å². The lowest BCUT2D eigenvalue weighted by Crippen LogP contribution is -2.51. The van der Waals surface area contributed by atoms with Crippen LogP contribution in [0.1, 0.15) is 52.5 Å². The molecule has 1 aromatic rings. The van der Waals surface area contributed by atoms with Crippen molar-refractivity contribution in [3.8, 4) is 0 Å². The van der Waals surface area contributed by atoms with Crippen LogP contribution < -0.4 is 16.0 Å². The molecule has 0 aliphatic rings. The number of nitrogens with one attached hydrogen (secondary N) is 3. The molecule has 7 heteroatoms. The molecule has 0 radical (unpaired) electrons. The Kier molecular flexibility index (Phi) is 10.1. The minimum atomic E-state index is -0.711. The molecule has 1 rings (SSSR count). The second-order valence-corrected chi connectivity index (χ2v) is 7.66. The first kappa shape index (κ1) is 23.5. The Labute approximate surface area is 167 Å². The Morgan fingerprint density at radius 2 is 1.71 bits per heavy atom. The van der Waals surface area contributed by atoms with E-state index in [1.165, 1.54) is 0 Å². The van der Waals surface area contributed by atoms with Gasteiger partial charge in [-0.1, -0.05) is 50.1 Å². The molecule has 3 N–H and O–H groups in total. The lowest BCUT2D eigenvalue weighted by atomic mass is 10.1. The molecule has 0 aliphatic heterocycles. The predicted molar refractivity (Wildman–Crippen MR) is 109 cm³/mol. The van der Waals surface area contributed by atoms with Crippen molar-refractivity contribution in [2.45, 2.75) is 65.0 Å². The quantitative estimate of drug-likeness (QED) is 0.534. The number of benzene rings is 1. The van der Waals surface area contributed by atoms with Crippen molar-refractivity contribution in [1.82, 2.24) is 16.0 Å². The smallest absolute Gasteiger partial charge is 0.408 e. The number of carbonyl (C=O) groups excluding carboxylic acids is 3. The lowest BCUT2D eigenvalue weighted by Gasteiger charge is -2.21. The van der Waals surface area contributed by atoms with Gasteiger partial charge in [0.25, 0.3) is 0 Å². The molecule has 28 heavy (non-hydrogen) atoms. The lowest BCUT2D eigenvalue weighted by molar-refractivity contribution is -0.128. The van der Waals surface area contributed by atoms with Crippen molar-refractivity contribution in [1.29, 1.82) is 0 Å². The topological polar surface area (TPSA) is 96.5 Å². The third-order valence-corrected chi connectivity index (χ3v) is 3.81. The van der Waals surface area contributed by atoms with Crippen LogP contribution in [0.4, 0.5) is 4.79 Å². The molecule has 7 nitrogen and oxygen atoms in total. The molecule has 0 fully saturated rings. The highest BCUT2D eigenvalue weighted by Crippen LogP contribution is 2.06. The monoisotopic (exact) mass is 391 g/mol. The van der Waals surface area contributed by atoms with E-state index < -0.39 is 23.6 Å². The summed E-state index contributed by atoms with van der Waals surface area (Å²) >= 11 is 0. The standard InChI is InChI=1S/C21H33N3O4/c1-5-6-10-13-22-19(26)17(14-16-11-8-7-9-12-16)24-18(25)15-23-20(27)28-21(2,3)4/h7-9,11-12,17H,5-6,10,13-15H2,1-4H3,(H,22,26)(H,23,27)(H,24,25). The van der Waals surface area contributed by atoms with Gasteiger partial charge < -0.3 is 20.7 Å². The Bertz CT molecular complexity index is 626. The van der Waals surface area contributed by atoms with Gasteiger partial charge in [-0.05, 0) is 32.8 Å². The number of amides is 3. The van der Waals surface area contributed by atoms with E-state index in [-0.39, 0.29) is 12.5 Å². The van der Waals surface area contributed by atoms with E-state index in [4.69, 9.17) is 4.74 Å². The summed E-state index contributed by atoms with van der Waals surface area (Å²) in [6, 6.07) is 8.77. The molecule has 1 atom stereocenters. The SMILES string of the molecule is CCCCCNC(=O)C(Cc1ccccc1)NC(=O)CNC(=O)OC(C)(C)C. The zero-order valence-corrected chi connectivity index (χ0v) is 17.3. The number of ether oxygens (including phenoxy) is 1. The van der Waals surface area contributed by atoms with Gasteiger partial charge in [0.2, 0.25) is 11.8 Å². The number of hydrogen-bond donors (Lipinski definition) is 3. The maximum Gasteiger partial charge on any atom is 0.408 e. The van der Waals surface area contributed by atoms with E-state index in [1.54, 1.807) is 20.8 Å². The van der Waals surface area contributed by atoms with Gasteiger partial charge in [-0.2, -0.15) is 0 Å². The van der Waals surface area contributed by atoms with E-state index in [2.05, 4.69) is 22.9 Å². The Hall–Kier alpha value is -2.57. The van der Waals surface area contributed by atoms with Gasteiger partial charge in [0.1, 0.15) is 18.2 Å². The third kappa shape index (κ3) is 10.5. The molecule has 0 saturated carbocycles. The maximum absolute atomic E-state index is 12.5. The predicted octanol–water partition coefficient (Wildman–Crippen LogP) is 2.54. The van der Waals surface area contributed by atoms with Gasteiger partial charge in [-0.25, -0.2) is 4.79 Å². The van der Waals surface area contributed by atoms with Gasteiger partial charge in [0, 0.05) is 13.0 Å². The summed E-state index contributed by atoms with van der Waals surface area (Å²) in [5, 5.41) is 7.98. The van der Waals surface area contributed by atoms with Gasteiger partial charge in [0.15, 0.2) is 0 Å². The average molecular weight is 392 g/mol. The first-order valence-electron chi connectivity index (χ1n) is 9.79. The molecular formula is C21H33N3O4. The second kappa shape index (κ2) is 12.0. The molecule has 0 spiro atoms. The summed E-state index contributed by atoms with van der Waals surface area (Å²) in [5.41, 5.74) is 0.297. The van der Waals surface area contributed by atoms with E-state index >= 15 is 0 Å². The van der Waals surface area contributed by atoms with Crippen LogP contribution in [0.25, 0.3) is 0 Å². The molecule has 1 aromatic carbocycles. The molecule has 156 valence electrons. The van der Waals surface area contributed by atoms with Crippen molar-refractivity contribution in [3.63, 3.8) is 0 Å².